The van der Waals surface area contributed by atoms with Gasteiger partial charge in [-0.15, -0.1) is 0 Å². The van der Waals surface area contributed by atoms with Gasteiger partial charge in [0, 0.05) is 10.7 Å². The zero-order valence-corrected chi connectivity index (χ0v) is 11.7. The van der Waals surface area contributed by atoms with E-state index in [9.17, 15) is 0 Å². The van der Waals surface area contributed by atoms with Gasteiger partial charge in [0.15, 0.2) is 5.65 Å². The summed E-state index contributed by atoms with van der Waals surface area (Å²) in [7, 11) is 0. The van der Waals surface area contributed by atoms with Crippen LogP contribution in [-0.4, -0.2) is 14.8 Å². The van der Waals surface area contributed by atoms with Gasteiger partial charge in [0.05, 0.1) is 22.1 Å². The molecule has 5 heteroatoms. The Bertz CT molecular complexity index is 493. The van der Waals surface area contributed by atoms with Crippen molar-refractivity contribution in [1.82, 2.24) is 14.8 Å². The third kappa shape index (κ3) is 1.83. The highest BCUT2D eigenvalue weighted by Crippen LogP contribution is 2.30. The molecule has 0 radical (unpaired) electrons. The van der Waals surface area contributed by atoms with Crippen LogP contribution in [0.25, 0.3) is 11.0 Å². The molecule has 2 aromatic heterocycles. The maximum Gasteiger partial charge on any atom is 0.159 e. The maximum absolute atomic E-state index is 4.39. The van der Waals surface area contributed by atoms with Crippen molar-refractivity contribution in [1.29, 1.82) is 0 Å². The molecule has 0 aliphatic rings. The number of fused-ring (bicyclic) bond motifs is 1. The van der Waals surface area contributed by atoms with Crippen LogP contribution in [0.5, 0.6) is 0 Å². The molecule has 0 amide bonds. The molecular weight excluding hydrogens is 322 g/mol. The largest absolute Gasteiger partial charge is 0.244 e. The molecule has 2 rings (SSSR count). The first-order valence-corrected chi connectivity index (χ1v) is 6.41. The average Bonchev–Trinajstić information content (AvgIpc) is 2.66. The van der Waals surface area contributed by atoms with E-state index < -0.39 is 0 Å². The normalized spacial score (nSPS) is 13.3. The minimum atomic E-state index is 0.378. The fourth-order valence-corrected chi connectivity index (χ4v) is 2.14. The van der Waals surface area contributed by atoms with E-state index >= 15 is 0 Å². The summed E-state index contributed by atoms with van der Waals surface area (Å²) in [4.78, 5) is 4.39. The second-order valence-corrected chi connectivity index (χ2v) is 5.15. The third-order valence-electron chi connectivity index (χ3n) is 2.52. The molecule has 2 aromatic rings. The van der Waals surface area contributed by atoms with E-state index in [1.807, 2.05) is 10.9 Å². The molecule has 0 aliphatic carbocycles. The second-order valence-electron chi connectivity index (χ2n) is 3.50. The summed E-state index contributed by atoms with van der Waals surface area (Å²) >= 11 is 6.96. The van der Waals surface area contributed by atoms with Crippen LogP contribution >= 0.6 is 31.9 Å². The molecule has 0 fully saturated rings. The van der Waals surface area contributed by atoms with Gasteiger partial charge >= 0.3 is 0 Å². The standard InChI is InChI=1S/C10H11Br2N3/c1-3-6(2)15-10-7(4-14-15)9(12)8(11)5-13-10/h4-6H,3H2,1-2H3. The van der Waals surface area contributed by atoms with E-state index in [1.165, 1.54) is 0 Å². The number of rotatable bonds is 2. The molecule has 0 bridgehead atoms. The summed E-state index contributed by atoms with van der Waals surface area (Å²) in [5, 5.41) is 5.42. The van der Waals surface area contributed by atoms with Gasteiger partial charge < -0.3 is 0 Å². The molecule has 15 heavy (non-hydrogen) atoms. The zero-order valence-electron chi connectivity index (χ0n) is 8.54. The van der Waals surface area contributed by atoms with E-state index in [0.717, 1.165) is 26.4 Å². The first-order chi connectivity index (χ1) is 7.15. The summed E-state index contributed by atoms with van der Waals surface area (Å²) < 4.78 is 3.94. The molecule has 3 nitrogen and oxygen atoms in total. The zero-order chi connectivity index (χ0) is 11.0. The molecule has 0 saturated carbocycles. The van der Waals surface area contributed by atoms with Crippen molar-refractivity contribution < 1.29 is 0 Å². The highest BCUT2D eigenvalue weighted by molar-refractivity contribution is 9.13. The van der Waals surface area contributed by atoms with Gasteiger partial charge in [0.2, 0.25) is 0 Å². The van der Waals surface area contributed by atoms with Crippen LogP contribution in [0.3, 0.4) is 0 Å². The Labute approximate surface area is 105 Å². The van der Waals surface area contributed by atoms with Gasteiger partial charge in [-0.25, -0.2) is 9.67 Å². The number of hydrogen-bond acceptors (Lipinski definition) is 2. The van der Waals surface area contributed by atoms with Gasteiger partial charge in [-0.1, -0.05) is 6.92 Å². The Morgan fingerprint density at radius 1 is 1.40 bits per heavy atom. The lowest BCUT2D eigenvalue weighted by molar-refractivity contribution is 0.490. The molecule has 0 spiro atoms. The van der Waals surface area contributed by atoms with E-state index in [0.29, 0.717) is 6.04 Å². The fourth-order valence-electron chi connectivity index (χ4n) is 1.44. The first-order valence-electron chi connectivity index (χ1n) is 4.82. The number of nitrogens with zero attached hydrogens (tertiary/aromatic N) is 3. The van der Waals surface area contributed by atoms with Crippen LogP contribution in [-0.2, 0) is 0 Å². The summed E-state index contributed by atoms with van der Waals surface area (Å²) in [6, 6.07) is 0.378. The Kier molecular flexibility index (Phi) is 3.11. The van der Waals surface area contributed by atoms with E-state index in [1.54, 1.807) is 6.20 Å². The number of hydrogen-bond donors (Lipinski definition) is 0. The van der Waals surface area contributed by atoms with Crippen molar-refractivity contribution in [2.24, 2.45) is 0 Å². The highest BCUT2D eigenvalue weighted by atomic mass is 79.9. The van der Waals surface area contributed by atoms with Crippen LogP contribution in [0.15, 0.2) is 21.3 Å². The summed E-state index contributed by atoms with van der Waals surface area (Å²) in [6.45, 7) is 4.29. The second kappa shape index (κ2) is 4.22. The lowest BCUT2D eigenvalue weighted by Gasteiger charge is -2.09. The van der Waals surface area contributed by atoms with E-state index in [-0.39, 0.29) is 0 Å². The molecule has 1 unspecified atom stereocenters. The minimum absolute atomic E-state index is 0.378. The summed E-state index contributed by atoms with van der Waals surface area (Å²) in [5.74, 6) is 0. The monoisotopic (exact) mass is 331 g/mol. The Morgan fingerprint density at radius 3 is 2.80 bits per heavy atom. The third-order valence-corrected chi connectivity index (χ3v) is 4.51. The van der Waals surface area contributed by atoms with Crippen molar-refractivity contribution in [2.75, 3.05) is 0 Å². The highest BCUT2D eigenvalue weighted by Gasteiger charge is 2.12. The summed E-state index contributed by atoms with van der Waals surface area (Å²) in [5.41, 5.74) is 0.930. The van der Waals surface area contributed by atoms with Crippen LogP contribution in [0.4, 0.5) is 0 Å². The Hall–Kier alpha value is -0.420. The lowest BCUT2D eigenvalue weighted by Crippen LogP contribution is -2.06. The summed E-state index contributed by atoms with van der Waals surface area (Å²) in [6.07, 6.45) is 4.70. The van der Waals surface area contributed by atoms with Crippen LogP contribution in [0.2, 0.25) is 0 Å². The molecule has 80 valence electrons. The van der Waals surface area contributed by atoms with Gasteiger partial charge in [-0.3, -0.25) is 0 Å². The topological polar surface area (TPSA) is 30.7 Å². The minimum Gasteiger partial charge on any atom is -0.244 e. The SMILES string of the molecule is CCC(C)n1ncc2c(Br)c(Br)cnc21. The molecule has 0 saturated heterocycles. The lowest BCUT2D eigenvalue weighted by atomic mass is 10.2. The van der Waals surface area contributed by atoms with Gasteiger partial charge in [-0.05, 0) is 45.2 Å². The molecular formula is C10H11Br2N3. The van der Waals surface area contributed by atoms with Crippen molar-refractivity contribution in [3.63, 3.8) is 0 Å². The smallest absolute Gasteiger partial charge is 0.159 e. The Morgan fingerprint density at radius 2 is 2.13 bits per heavy atom. The van der Waals surface area contributed by atoms with Crippen molar-refractivity contribution in [3.8, 4) is 0 Å². The number of aromatic nitrogens is 3. The van der Waals surface area contributed by atoms with Crippen LogP contribution < -0.4 is 0 Å². The van der Waals surface area contributed by atoms with Crippen molar-refractivity contribution >= 4 is 42.9 Å². The fraction of sp³-hybridized carbons (Fsp3) is 0.400. The van der Waals surface area contributed by atoms with Gasteiger partial charge in [0.1, 0.15) is 0 Å². The number of halogens is 2. The van der Waals surface area contributed by atoms with Crippen molar-refractivity contribution in [3.05, 3.63) is 21.3 Å². The molecule has 2 heterocycles. The van der Waals surface area contributed by atoms with E-state index in [4.69, 9.17) is 0 Å². The van der Waals surface area contributed by atoms with Gasteiger partial charge in [-0.2, -0.15) is 5.10 Å². The quantitative estimate of drug-likeness (QED) is 0.834. The van der Waals surface area contributed by atoms with Gasteiger partial charge in [0.25, 0.3) is 0 Å². The average molecular weight is 333 g/mol. The first kappa shape index (κ1) is 11.1. The Balaban J connectivity index is 2.67. The number of pyridine rings is 1. The predicted molar refractivity (Wildman–Crippen MR) is 67.9 cm³/mol. The predicted octanol–water partition coefficient (Wildman–Crippen LogP) is 3.93. The molecule has 0 aliphatic heterocycles. The molecule has 1 atom stereocenters. The maximum atomic E-state index is 4.39. The van der Waals surface area contributed by atoms with Crippen LogP contribution in [0, 0.1) is 0 Å². The van der Waals surface area contributed by atoms with Crippen molar-refractivity contribution in [2.45, 2.75) is 26.3 Å². The van der Waals surface area contributed by atoms with E-state index in [2.05, 4.69) is 55.8 Å². The van der Waals surface area contributed by atoms with Crippen LogP contribution in [0.1, 0.15) is 26.3 Å². The molecule has 0 aromatic carbocycles. The molecule has 0 N–H and O–H groups in total.